The monoisotopic (exact) mass is 294 g/mol. The van der Waals surface area contributed by atoms with Crippen LogP contribution in [-0.2, 0) is 16.0 Å². The number of methoxy groups -OCH3 is 1. The van der Waals surface area contributed by atoms with Crippen LogP contribution >= 0.6 is 0 Å². The maximum absolute atomic E-state index is 13.9. The van der Waals surface area contributed by atoms with Gasteiger partial charge < -0.3 is 4.74 Å². The van der Waals surface area contributed by atoms with Gasteiger partial charge in [-0.15, -0.1) is 0 Å². The Kier molecular flexibility index (Phi) is 4.35. The Morgan fingerprint density at radius 1 is 1.33 bits per heavy atom. The van der Waals surface area contributed by atoms with Crippen molar-refractivity contribution in [3.63, 3.8) is 0 Å². The van der Waals surface area contributed by atoms with Crippen LogP contribution in [0.4, 0.5) is 8.78 Å². The fourth-order valence-corrected chi connectivity index (χ4v) is 2.25. The molecular weight excluding hydrogens is 278 g/mol. The van der Waals surface area contributed by atoms with Crippen molar-refractivity contribution in [2.24, 2.45) is 0 Å². The van der Waals surface area contributed by atoms with Gasteiger partial charge in [0, 0.05) is 18.2 Å². The maximum Gasteiger partial charge on any atom is 0.305 e. The first-order chi connectivity index (χ1) is 9.93. The molecule has 0 unspecified atom stereocenters. The number of rotatable bonds is 4. The van der Waals surface area contributed by atoms with Gasteiger partial charge >= 0.3 is 5.97 Å². The van der Waals surface area contributed by atoms with Gasteiger partial charge in [0.2, 0.25) is 0 Å². The highest BCUT2D eigenvalue weighted by atomic mass is 19.1. The Bertz CT molecular complexity index is 681. The van der Waals surface area contributed by atoms with Gasteiger partial charge in [0.15, 0.2) is 5.82 Å². The average molecular weight is 294 g/mol. The number of carbonyl (C=O) groups is 1. The second kappa shape index (κ2) is 6.03. The summed E-state index contributed by atoms with van der Waals surface area (Å²) in [5.41, 5.74) is 2.48. The summed E-state index contributed by atoms with van der Waals surface area (Å²) in [6.07, 6.45) is 0.697. The van der Waals surface area contributed by atoms with E-state index in [1.807, 2.05) is 0 Å². The number of halogens is 2. The van der Waals surface area contributed by atoms with Crippen molar-refractivity contribution < 1.29 is 18.3 Å². The molecule has 112 valence electrons. The second-order valence-electron chi connectivity index (χ2n) is 4.73. The maximum atomic E-state index is 13.9. The first-order valence-corrected chi connectivity index (χ1v) is 6.51. The van der Waals surface area contributed by atoms with Crippen molar-refractivity contribution in [3.8, 4) is 5.69 Å². The van der Waals surface area contributed by atoms with E-state index >= 15 is 0 Å². The van der Waals surface area contributed by atoms with Gasteiger partial charge in [0.1, 0.15) is 11.5 Å². The highest BCUT2D eigenvalue weighted by Crippen LogP contribution is 2.21. The fraction of sp³-hybridized carbons (Fsp3) is 0.333. The summed E-state index contributed by atoms with van der Waals surface area (Å²) in [4.78, 5) is 11.2. The quantitative estimate of drug-likeness (QED) is 0.814. The molecule has 2 rings (SSSR count). The zero-order chi connectivity index (χ0) is 15.6. The zero-order valence-corrected chi connectivity index (χ0v) is 12.1. The predicted octanol–water partition coefficient (Wildman–Crippen LogP) is 2.87. The van der Waals surface area contributed by atoms with Gasteiger partial charge in [0.05, 0.1) is 12.8 Å². The Labute approximate surface area is 121 Å². The van der Waals surface area contributed by atoms with Crippen LogP contribution in [0.25, 0.3) is 5.69 Å². The van der Waals surface area contributed by atoms with Crippen LogP contribution in [0.2, 0.25) is 0 Å². The molecule has 0 saturated heterocycles. The molecule has 1 aromatic heterocycles. The number of aromatic nitrogens is 2. The Balaban J connectivity index is 2.36. The molecule has 6 heteroatoms. The molecule has 0 spiro atoms. The molecule has 0 aliphatic carbocycles. The van der Waals surface area contributed by atoms with E-state index in [1.54, 1.807) is 13.8 Å². The summed E-state index contributed by atoms with van der Waals surface area (Å²) in [7, 11) is 1.33. The molecule has 0 bridgehead atoms. The lowest BCUT2D eigenvalue weighted by Gasteiger charge is -2.06. The number of esters is 1. The van der Waals surface area contributed by atoms with Crippen LogP contribution in [0.3, 0.4) is 0 Å². The van der Waals surface area contributed by atoms with Gasteiger partial charge in [-0.25, -0.2) is 13.5 Å². The number of hydrogen-bond acceptors (Lipinski definition) is 3. The van der Waals surface area contributed by atoms with Gasteiger partial charge in [-0.3, -0.25) is 4.79 Å². The summed E-state index contributed by atoms with van der Waals surface area (Å²) in [6.45, 7) is 3.58. The molecule has 0 radical (unpaired) electrons. The van der Waals surface area contributed by atoms with Crippen LogP contribution in [-0.4, -0.2) is 22.9 Å². The van der Waals surface area contributed by atoms with Crippen LogP contribution < -0.4 is 0 Å². The molecule has 1 heterocycles. The number of nitrogens with zero attached hydrogens (tertiary/aromatic N) is 2. The lowest BCUT2D eigenvalue weighted by molar-refractivity contribution is -0.140. The molecule has 21 heavy (non-hydrogen) atoms. The minimum atomic E-state index is -0.680. The molecule has 0 fully saturated rings. The van der Waals surface area contributed by atoms with E-state index in [9.17, 15) is 13.6 Å². The summed E-state index contributed by atoms with van der Waals surface area (Å²) < 4.78 is 32.9. The topological polar surface area (TPSA) is 44.1 Å². The van der Waals surface area contributed by atoms with E-state index in [2.05, 4.69) is 9.84 Å². The molecule has 0 N–H and O–H groups in total. The van der Waals surface area contributed by atoms with Gasteiger partial charge in [0.25, 0.3) is 0 Å². The zero-order valence-electron chi connectivity index (χ0n) is 12.1. The molecule has 1 aromatic carbocycles. The summed E-state index contributed by atoms with van der Waals surface area (Å²) in [5.74, 6) is -1.63. The van der Waals surface area contributed by atoms with Gasteiger partial charge in [-0.05, 0) is 38.0 Å². The van der Waals surface area contributed by atoms with Crippen molar-refractivity contribution in [1.82, 2.24) is 9.78 Å². The highest BCUT2D eigenvalue weighted by Gasteiger charge is 2.16. The first kappa shape index (κ1) is 15.2. The summed E-state index contributed by atoms with van der Waals surface area (Å²) >= 11 is 0. The minimum Gasteiger partial charge on any atom is -0.469 e. The van der Waals surface area contributed by atoms with Crippen molar-refractivity contribution in [3.05, 3.63) is 46.8 Å². The van der Waals surface area contributed by atoms with E-state index in [1.165, 1.54) is 23.9 Å². The number of aryl methyl sites for hydroxylation is 1. The first-order valence-electron chi connectivity index (χ1n) is 6.51. The minimum absolute atomic E-state index is 0.182. The predicted molar refractivity (Wildman–Crippen MR) is 73.3 cm³/mol. The normalized spacial score (nSPS) is 10.7. The number of hydrogen-bond donors (Lipinski definition) is 0. The molecule has 0 saturated carbocycles. The lowest BCUT2D eigenvalue weighted by atomic mass is 10.1. The van der Waals surface area contributed by atoms with E-state index < -0.39 is 11.6 Å². The van der Waals surface area contributed by atoms with Crippen molar-refractivity contribution in [2.75, 3.05) is 7.11 Å². The van der Waals surface area contributed by atoms with Crippen LogP contribution in [0.15, 0.2) is 18.2 Å². The largest absolute Gasteiger partial charge is 0.469 e. The number of ether oxygens (including phenoxy) is 1. The van der Waals surface area contributed by atoms with Crippen molar-refractivity contribution >= 4 is 5.97 Å². The number of benzene rings is 1. The Hall–Kier alpha value is -2.24. The summed E-state index contributed by atoms with van der Waals surface area (Å²) in [5, 5.41) is 4.28. The van der Waals surface area contributed by atoms with Gasteiger partial charge in [-0.2, -0.15) is 5.10 Å². The van der Waals surface area contributed by atoms with Crippen LogP contribution in [0.1, 0.15) is 23.4 Å². The third-order valence-electron chi connectivity index (χ3n) is 3.39. The third-order valence-corrected chi connectivity index (χ3v) is 3.39. The van der Waals surface area contributed by atoms with Crippen LogP contribution in [0.5, 0.6) is 0 Å². The van der Waals surface area contributed by atoms with E-state index in [4.69, 9.17) is 0 Å². The van der Waals surface area contributed by atoms with E-state index in [0.29, 0.717) is 12.1 Å². The smallest absolute Gasteiger partial charge is 0.305 e. The molecule has 0 atom stereocenters. The Morgan fingerprint density at radius 2 is 2.05 bits per heavy atom. The molecule has 0 aliphatic heterocycles. The van der Waals surface area contributed by atoms with E-state index in [0.717, 1.165) is 17.3 Å². The van der Waals surface area contributed by atoms with Crippen LogP contribution in [0, 0.1) is 25.5 Å². The molecule has 4 nitrogen and oxygen atoms in total. The van der Waals surface area contributed by atoms with Crippen molar-refractivity contribution in [1.29, 1.82) is 0 Å². The van der Waals surface area contributed by atoms with Crippen molar-refractivity contribution in [2.45, 2.75) is 26.7 Å². The molecular formula is C15H16F2N2O2. The van der Waals surface area contributed by atoms with E-state index in [-0.39, 0.29) is 18.1 Å². The standard InChI is InChI=1S/C15H16F2N2O2/c1-9-12(5-7-15(20)21-3)10(2)19(18-9)14-6-4-11(16)8-13(14)17/h4,6,8H,5,7H2,1-3H3. The lowest BCUT2D eigenvalue weighted by Crippen LogP contribution is -2.05. The Morgan fingerprint density at radius 3 is 2.67 bits per heavy atom. The molecule has 0 amide bonds. The third kappa shape index (κ3) is 3.09. The average Bonchev–Trinajstić information content (AvgIpc) is 2.71. The van der Waals surface area contributed by atoms with Gasteiger partial charge in [-0.1, -0.05) is 0 Å². The highest BCUT2D eigenvalue weighted by molar-refractivity contribution is 5.69. The molecule has 2 aromatic rings. The number of carbonyl (C=O) groups excluding carboxylic acids is 1. The molecule has 0 aliphatic rings. The fourth-order valence-electron chi connectivity index (χ4n) is 2.25. The second-order valence-corrected chi connectivity index (χ2v) is 4.73. The summed E-state index contributed by atoms with van der Waals surface area (Å²) in [6, 6.07) is 3.34. The SMILES string of the molecule is COC(=O)CCc1c(C)nn(-c2ccc(F)cc2F)c1C.